The van der Waals surface area contributed by atoms with Crippen LogP contribution in [0.2, 0.25) is 0 Å². The zero-order chi connectivity index (χ0) is 19.4. The summed E-state index contributed by atoms with van der Waals surface area (Å²) >= 11 is 0. The number of alkyl halides is 3. The number of piperazine rings is 1. The molecule has 1 aliphatic rings. The van der Waals surface area contributed by atoms with Gasteiger partial charge in [-0.2, -0.15) is 13.2 Å². The van der Waals surface area contributed by atoms with Crippen molar-refractivity contribution in [3.8, 4) is 0 Å². The number of nitrogens with one attached hydrogen (secondary N) is 1. The number of aromatic nitrogens is 2. The normalized spacial score (nSPS) is 15.6. The van der Waals surface area contributed by atoms with Gasteiger partial charge in [0.1, 0.15) is 0 Å². The van der Waals surface area contributed by atoms with Crippen LogP contribution >= 0.6 is 0 Å². The van der Waals surface area contributed by atoms with E-state index in [4.69, 9.17) is 0 Å². The lowest BCUT2D eigenvalue weighted by Crippen LogP contribution is -2.45. The molecule has 3 rings (SSSR count). The van der Waals surface area contributed by atoms with Crippen LogP contribution in [0.15, 0.2) is 36.7 Å². The highest BCUT2D eigenvalue weighted by atomic mass is 19.4. The Hall–Kier alpha value is -2.68. The number of hydrogen-bond acceptors (Lipinski definition) is 5. The molecule has 0 spiro atoms. The van der Waals surface area contributed by atoms with E-state index in [0.717, 1.165) is 38.3 Å². The van der Waals surface area contributed by atoms with Gasteiger partial charge in [0.25, 0.3) is 0 Å². The minimum Gasteiger partial charge on any atom is -0.338 e. The van der Waals surface area contributed by atoms with Crippen molar-refractivity contribution in [2.45, 2.75) is 12.6 Å². The molecule has 1 amide bonds. The summed E-state index contributed by atoms with van der Waals surface area (Å²) in [4.78, 5) is 25.0. The minimum atomic E-state index is -4.39. The number of nitrogens with zero attached hydrogens (tertiary/aromatic N) is 4. The molecule has 1 aliphatic heterocycles. The third-order valence-corrected chi connectivity index (χ3v) is 4.35. The van der Waals surface area contributed by atoms with Crippen molar-refractivity contribution in [3.05, 3.63) is 47.8 Å². The van der Waals surface area contributed by atoms with E-state index in [9.17, 15) is 18.0 Å². The van der Waals surface area contributed by atoms with Crippen LogP contribution in [-0.4, -0.2) is 54.0 Å². The van der Waals surface area contributed by atoms with E-state index in [0.29, 0.717) is 17.2 Å². The van der Waals surface area contributed by atoms with Crippen LogP contribution in [0.3, 0.4) is 0 Å². The first-order chi connectivity index (χ1) is 12.8. The number of carbonyl (C=O) groups excluding carboxylic acids is 1. The van der Waals surface area contributed by atoms with Crippen LogP contribution in [0.25, 0.3) is 0 Å². The van der Waals surface area contributed by atoms with E-state index in [2.05, 4.69) is 32.1 Å². The summed E-state index contributed by atoms with van der Waals surface area (Å²) < 4.78 is 37.7. The van der Waals surface area contributed by atoms with Gasteiger partial charge >= 0.3 is 6.18 Å². The SMILES string of the molecule is CN1CCN(c2ncc(NC(=O)Cc3ccc(C(F)(F)F)cc3)cn2)CC1. The van der Waals surface area contributed by atoms with Crippen molar-refractivity contribution in [3.63, 3.8) is 0 Å². The van der Waals surface area contributed by atoms with E-state index in [1.54, 1.807) is 0 Å². The number of amides is 1. The Labute approximate surface area is 155 Å². The van der Waals surface area contributed by atoms with Gasteiger partial charge in [0.2, 0.25) is 11.9 Å². The van der Waals surface area contributed by atoms with Crippen LogP contribution < -0.4 is 10.2 Å². The standard InChI is InChI=1S/C18H20F3N5O/c1-25-6-8-26(9-7-25)17-22-11-15(12-23-17)24-16(27)10-13-2-4-14(5-3-13)18(19,20)21/h2-5,11-12H,6-10H2,1H3,(H,24,27). The summed E-state index contributed by atoms with van der Waals surface area (Å²) in [5.41, 5.74) is 0.208. The number of hydrogen-bond donors (Lipinski definition) is 1. The molecule has 0 atom stereocenters. The Bertz CT molecular complexity index is 769. The summed E-state index contributed by atoms with van der Waals surface area (Å²) in [6.07, 6.45) is -1.35. The highest BCUT2D eigenvalue weighted by Gasteiger charge is 2.30. The molecule has 0 unspecified atom stereocenters. The topological polar surface area (TPSA) is 61.4 Å². The molecule has 0 aliphatic carbocycles. The lowest BCUT2D eigenvalue weighted by Gasteiger charge is -2.32. The Kier molecular flexibility index (Phi) is 5.59. The van der Waals surface area contributed by atoms with E-state index in [1.165, 1.54) is 24.5 Å². The maximum absolute atomic E-state index is 12.6. The fourth-order valence-electron chi connectivity index (χ4n) is 2.76. The third kappa shape index (κ3) is 5.16. The fourth-order valence-corrected chi connectivity index (χ4v) is 2.76. The molecule has 27 heavy (non-hydrogen) atoms. The molecule has 2 aromatic rings. The average Bonchev–Trinajstić information content (AvgIpc) is 2.63. The molecule has 1 N–H and O–H groups in total. The molecule has 0 bridgehead atoms. The van der Waals surface area contributed by atoms with Crippen molar-refractivity contribution >= 4 is 17.5 Å². The van der Waals surface area contributed by atoms with Gasteiger partial charge in [-0.1, -0.05) is 12.1 Å². The number of halogens is 3. The van der Waals surface area contributed by atoms with Crippen molar-refractivity contribution in [1.29, 1.82) is 0 Å². The van der Waals surface area contributed by atoms with E-state index in [1.807, 2.05) is 0 Å². The van der Waals surface area contributed by atoms with Gasteiger partial charge in [-0.15, -0.1) is 0 Å². The van der Waals surface area contributed by atoms with E-state index in [-0.39, 0.29) is 12.3 Å². The van der Waals surface area contributed by atoms with Crippen molar-refractivity contribution < 1.29 is 18.0 Å². The Morgan fingerprint density at radius 3 is 2.22 bits per heavy atom. The average molecular weight is 379 g/mol. The number of carbonyl (C=O) groups is 1. The molecule has 2 heterocycles. The predicted octanol–water partition coefficient (Wildman–Crippen LogP) is 2.43. The maximum Gasteiger partial charge on any atom is 0.416 e. The van der Waals surface area contributed by atoms with Gasteiger partial charge in [-0.3, -0.25) is 4.79 Å². The van der Waals surface area contributed by atoms with Gasteiger partial charge in [-0.05, 0) is 24.7 Å². The first kappa shape index (κ1) is 19.1. The molecule has 0 radical (unpaired) electrons. The number of anilines is 2. The van der Waals surface area contributed by atoms with Crippen LogP contribution in [-0.2, 0) is 17.4 Å². The molecule has 1 aromatic heterocycles. The van der Waals surface area contributed by atoms with Crippen LogP contribution in [0.4, 0.5) is 24.8 Å². The van der Waals surface area contributed by atoms with Crippen molar-refractivity contribution in [2.24, 2.45) is 0 Å². The van der Waals surface area contributed by atoms with Gasteiger partial charge < -0.3 is 15.1 Å². The molecule has 0 saturated carbocycles. The minimum absolute atomic E-state index is 0.0294. The van der Waals surface area contributed by atoms with Gasteiger partial charge in [0.05, 0.1) is 30.1 Å². The van der Waals surface area contributed by atoms with Crippen LogP contribution in [0.5, 0.6) is 0 Å². The van der Waals surface area contributed by atoms with Crippen molar-refractivity contribution in [2.75, 3.05) is 43.4 Å². The molecule has 6 nitrogen and oxygen atoms in total. The second-order valence-corrected chi connectivity index (χ2v) is 6.48. The van der Waals surface area contributed by atoms with E-state index < -0.39 is 11.7 Å². The molecule has 144 valence electrons. The van der Waals surface area contributed by atoms with Gasteiger partial charge in [0, 0.05) is 26.2 Å². The highest BCUT2D eigenvalue weighted by molar-refractivity contribution is 5.92. The van der Waals surface area contributed by atoms with E-state index >= 15 is 0 Å². The second kappa shape index (κ2) is 7.91. The summed E-state index contributed by atoms with van der Waals surface area (Å²) in [6.45, 7) is 3.57. The fraction of sp³-hybridized carbons (Fsp3) is 0.389. The number of benzene rings is 1. The predicted molar refractivity (Wildman–Crippen MR) is 95.5 cm³/mol. The zero-order valence-corrected chi connectivity index (χ0v) is 14.8. The molecule has 1 fully saturated rings. The zero-order valence-electron chi connectivity index (χ0n) is 14.8. The van der Waals surface area contributed by atoms with Gasteiger partial charge in [-0.25, -0.2) is 9.97 Å². The van der Waals surface area contributed by atoms with Crippen LogP contribution in [0, 0.1) is 0 Å². The summed E-state index contributed by atoms with van der Waals surface area (Å²) in [7, 11) is 2.06. The number of rotatable bonds is 4. The maximum atomic E-state index is 12.6. The largest absolute Gasteiger partial charge is 0.416 e. The number of likely N-dealkylation sites (N-methyl/N-ethyl adjacent to an activating group) is 1. The highest BCUT2D eigenvalue weighted by Crippen LogP contribution is 2.29. The smallest absolute Gasteiger partial charge is 0.338 e. The monoisotopic (exact) mass is 379 g/mol. The summed E-state index contributed by atoms with van der Waals surface area (Å²) in [5.74, 6) is 0.273. The second-order valence-electron chi connectivity index (χ2n) is 6.48. The first-order valence-electron chi connectivity index (χ1n) is 8.53. The molecule has 1 saturated heterocycles. The van der Waals surface area contributed by atoms with Gasteiger partial charge in [0.15, 0.2) is 0 Å². The Morgan fingerprint density at radius 1 is 1.07 bits per heavy atom. The molecule has 9 heteroatoms. The lowest BCUT2D eigenvalue weighted by molar-refractivity contribution is -0.137. The first-order valence-corrected chi connectivity index (χ1v) is 8.53. The summed E-state index contributed by atoms with van der Waals surface area (Å²) in [5, 5.41) is 2.66. The quantitative estimate of drug-likeness (QED) is 0.884. The third-order valence-electron chi connectivity index (χ3n) is 4.35. The molecular weight excluding hydrogens is 359 g/mol. The Balaban J connectivity index is 1.55. The van der Waals surface area contributed by atoms with Crippen molar-refractivity contribution in [1.82, 2.24) is 14.9 Å². The Morgan fingerprint density at radius 2 is 1.67 bits per heavy atom. The molecule has 1 aromatic carbocycles. The summed E-state index contributed by atoms with van der Waals surface area (Å²) in [6, 6.07) is 4.54. The molecular formula is C18H20F3N5O. The lowest BCUT2D eigenvalue weighted by atomic mass is 10.1. The van der Waals surface area contributed by atoms with Crippen LogP contribution in [0.1, 0.15) is 11.1 Å².